The van der Waals surface area contributed by atoms with E-state index in [2.05, 4.69) is 62.4 Å². The molecule has 0 bridgehead atoms. The lowest BCUT2D eigenvalue weighted by atomic mass is 9.83. The van der Waals surface area contributed by atoms with Crippen molar-refractivity contribution in [2.24, 2.45) is 5.41 Å². The number of hydrogen-bond acceptors (Lipinski definition) is 2. The van der Waals surface area contributed by atoms with E-state index in [1.54, 1.807) is 6.92 Å². The second-order valence-electron chi connectivity index (χ2n) is 8.78. The van der Waals surface area contributed by atoms with Crippen LogP contribution in [0.1, 0.15) is 68.7 Å². The molecule has 1 N–H and O–H groups in total. The average molecular weight is 390 g/mol. The smallest absolute Gasteiger partial charge is 0.135 e. The van der Waals surface area contributed by atoms with Crippen molar-refractivity contribution in [3.63, 3.8) is 0 Å². The number of ketones is 1. The molecule has 0 heterocycles. The third kappa shape index (κ3) is 7.12. The van der Waals surface area contributed by atoms with Gasteiger partial charge in [-0.25, -0.2) is 0 Å². The van der Waals surface area contributed by atoms with Crippen LogP contribution in [-0.4, -0.2) is 11.5 Å². The van der Waals surface area contributed by atoms with Crippen LogP contribution in [0, 0.1) is 24.7 Å². The summed E-state index contributed by atoms with van der Waals surface area (Å²) in [6, 6.07) is 17.1. The van der Waals surface area contributed by atoms with Crippen LogP contribution < -0.4 is 0 Å². The molecular formula is C27H35NO. The summed E-state index contributed by atoms with van der Waals surface area (Å²) in [6.07, 6.45) is 6.31. The minimum absolute atomic E-state index is 0.221. The van der Waals surface area contributed by atoms with Crippen LogP contribution in [0.5, 0.6) is 0 Å². The van der Waals surface area contributed by atoms with Crippen molar-refractivity contribution in [1.29, 1.82) is 5.41 Å². The highest BCUT2D eigenvalue weighted by Crippen LogP contribution is 2.26. The lowest BCUT2D eigenvalue weighted by Gasteiger charge is -2.20. The molecule has 0 fully saturated rings. The van der Waals surface area contributed by atoms with Gasteiger partial charge in [-0.05, 0) is 81.2 Å². The summed E-state index contributed by atoms with van der Waals surface area (Å²) in [4.78, 5) is 11.7. The first-order valence-corrected chi connectivity index (χ1v) is 10.6. The first kappa shape index (κ1) is 22.8. The molecule has 0 spiro atoms. The Morgan fingerprint density at radius 1 is 1.00 bits per heavy atom. The molecule has 0 unspecified atom stereocenters. The van der Waals surface area contributed by atoms with Gasteiger partial charge in [-0.1, -0.05) is 67.9 Å². The third-order valence-corrected chi connectivity index (χ3v) is 5.90. The number of nitrogens with one attached hydrogen (secondary N) is 1. The molecule has 0 atom stereocenters. The van der Waals surface area contributed by atoms with E-state index >= 15 is 0 Å². The normalized spacial score (nSPS) is 12.1. The second-order valence-corrected chi connectivity index (χ2v) is 8.78. The number of allylic oxidation sites excluding steroid dienone is 2. The van der Waals surface area contributed by atoms with Gasteiger partial charge < -0.3 is 5.41 Å². The average Bonchev–Trinajstić information content (AvgIpc) is 2.66. The van der Waals surface area contributed by atoms with Crippen molar-refractivity contribution in [1.82, 2.24) is 0 Å². The molecule has 2 aromatic rings. The summed E-state index contributed by atoms with van der Waals surface area (Å²) in [5.41, 5.74) is 6.67. The Balaban J connectivity index is 2.11. The quantitative estimate of drug-likeness (QED) is 0.432. The van der Waals surface area contributed by atoms with Gasteiger partial charge in [-0.3, -0.25) is 4.79 Å². The minimum atomic E-state index is -0.297. The molecule has 0 saturated carbocycles. The van der Waals surface area contributed by atoms with Crippen LogP contribution in [0.3, 0.4) is 0 Å². The summed E-state index contributed by atoms with van der Waals surface area (Å²) in [5, 5.41) is 8.49. The van der Waals surface area contributed by atoms with Crippen molar-refractivity contribution in [3.05, 3.63) is 76.9 Å². The summed E-state index contributed by atoms with van der Waals surface area (Å²) >= 11 is 0. The highest BCUT2D eigenvalue weighted by atomic mass is 16.1. The fourth-order valence-electron chi connectivity index (χ4n) is 3.41. The van der Waals surface area contributed by atoms with Gasteiger partial charge in [-0.15, -0.1) is 0 Å². The summed E-state index contributed by atoms with van der Waals surface area (Å²) in [7, 11) is 0. The number of carbonyl (C=O) groups excluding carboxylic acids is 1. The fourth-order valence-corrected chi connectivity index (χ4v) is 3.41. The predicted octanol–water partition coefficient (Wildman–Crippen LogP) is 7.12. The van der Waals surface area contributed by atoms with Gasteiger partial charge in [0.25, 0.3) is 0 Å². The molecule has 2 rings (SSSR count). The second kappa shape index (κ2) is 10.3. The highest BCUT2D eigenvalue weighted by Gasteiger charge is 2.22. The molecular weight excluding hydrogens is 354 g/mol. The fraction of sp³-hybridized carbons (Fsp3) is 0.407. The summed E-state index contributed by atoms with van der Waals surface area (Å²) in [6.45, 7) is 9.90. The van der Waals surface area contributed by atoms with Gasteiger partial charge in [0.15, 0.2) is 0 Å². The largest absolute Gasteiger partial charge is 0.305 e. The van der Waals surface area contributed by atoms with Crippen LogP contribution >= 0.6 is 0 Å². The Kier molecular flexibility index (Phi) is 8.13. The zero-order chi connectivity index (χ0) is 21.4. The maximum atomic E-state index is 11.7. The molecule has 154 valence electrons. The number of aryl methyl sites for hydroxylation is 3. The number of rotatable bonds is 10. The number of carbonyl (C=O) groups is 1. The number of Topliss-reactive ketones (excluding diaryl/α,β-unsaturated/α-hetero) is 1. The Morgan fingerprint density at radius 2 is 1.66 bits per heavy atom. The lowest BCUT2D eigenvalue weighted by molar-refractivity contribution is -0.125. The van der Waals surface area contributed by atoms with Crippen molar-refractivity contribution >= 4 is 17.1 Å². The SMILES string of the molecule is CC(=O)C(C)(C)CCCC(=N)/C=C(\CCc1ccccc1C)c1ccc(C)cc1. The molecule has 0 amide bonds. The maximum Gasteiger partial charge on any atom is 0.135 e. The van der Waals surface area contributed by atoms with Gasteiger partial charge in [0.05, 0.1) is 0 Å². The van der Waals surface area contributed by atoms with Crippen molar-refractivity contribution < 1.29 is 4.79 Å². The van der Waals surface area contributed by atoms with E-state index in [1.165, 1.54) is 27.8 Å². The predicted molar refractivity (Wildman–Crippen MR) is 125 cm³/mol. The zero-order valence-corrected chi connectivity index (χ0v) is 18.6. The van der Waals surface area contributed by atoms with Gasteiger partial charge in [-0.2, -0.15) is 0 Å². The van der Waals surface area contributed by atoms with Crippen molar-refractivity contribution in [3.8, 4) is 0 Å². The van der Waals surface area contributed by atoms with Crippen LogP contribution in [0.25, 0.3) is 5.57 Å². The Morgan fingerprint density at radius 3 is 2.28 bits per heavy atom. The molecule has 0 aliphatic heterocycles. The molecule has 2 aromatic carbocycles. The van der Waals surface area contributed by atoms with Crippen molar-refractivity contribution in [2.75, 3.05) is 0 Å². The first-order valence-electron chi connectivity index (χ1n) is 10.6. The maximum absolute atomic E-state index is 11.7. The Bertz CT molecular complexity index is 872. The third-order valence-electron chi connectivity index (χ3n) is 5.90. The van der Waals surface area contributed by atoms with Crippen LogP contribution in [0.15, 0.2) is 54.6 Å². The molecule has 0 radical (unpaired) electrons. The number of hydrogen-bond donors (Lipinski definition) is 1. The molecule has 0 aromatic heterocycles. The molecule has 2 heteroatoms. The van der Waals surface area contributed by atoms with E-state index in [4.69, 9.17) is 5.41 Å². The molecule has 0 saturated heterocycles. The van der Waals surface area contributed by atoms with Crippen molar-refractivity contribution in [2.45, 2.75) is 66.7 Å². The Hall–Kier alpha value is -2.48. The standard InChI is InChI=1S/C27H35NO/c1-20-12-14-24(15-13-20)25(17-16-23-10-7-6-9-21(23)2)19-26(28)11-8-18-27(4,5)22(3)29/h6-7,9-10,12-15,19,28H,8,11,16-18H2,1-5H3/b25-19+,28-26?. The van der Waals surface area contributed by atoms with E-state index in [9.17, 15) is 4.79 Å². The summed E-state index contributed by atoms with van der Waals surface area (Å²) in [5.74, 6) is 0.221. The molecule has 0 aliphatic rings. The number of benzene rings is 2. The monoisotopic (exact) mass is 389 g/mol. The molecule has 29 heavy (non-hydrogen) atoms. The van der Waals surface area contributed by atoms with Gasteiger partial charge >= 0.3 is 0 Å². The van der Waals surface area contributed by atoms with E-state index in [0.29, 0.717) is 12.1 Å². The van der Waals surface area contributed by atoms with Gasteiger partial charge in [0, 0.05) is 11.1 Å². The Labute approximate surface area is 176 Å². The molecule has 0 aliphatic carbocycles. The van der Waals surface area contributed by atoms with E-state index < -0.39 is 0 Å². The van der Waals surface area contributed by atoms with E-state index in [0.717, 1.165) is 25.7 Å². The first-order chi connectivity index (χ1) is 13.7. The van der Waals surface area contributed by atoms with E-state index in [-0.39, 0.29) is 11.2 Å². The highest BCUT2D eigenvalue weighted by molar-refractivity contribution is 5.98. The van der Waals surface area contributed by atoms with Crippen LogP contribution in [-0.2, 0) is 11.2 Å². The van der Waals surface area contributed by atoms with Gasteiger partial charge in [0.2, 0.25) is 0 Å². The topological polar surface area (TPSA) is 40.9 Å². The van der Waals surface area contributed by atoms with Gasteiger partial charge in [0.1, 0.15) is 5.78 Å². The van der Waals surface area contributed by atoms with Crippen LogP contribution in [0.4, 0.5) is 0 Å². The summed E-state index contributed by atoms with van der Waals surface area (Å²) < 4.78 is 0. The van der Waals surface area contributed by atoms with E-state index in [1.807, 2.05) is 19.9 Å². The molecule has 2 nitrogen and oxygen atoms in total. The van der Waals surface area contributed by atoms with Crippen LogP contribution in [0.2, 0.25) is 0 Å². The zero-order valence-electron chi connectivity index (χ0n) is 18.6. The lowest BCUT2D eigenvalue weighted by Crippen LogP contribution is -2.21. The minimum Gasteiger partial charge on any atom is -0.305 e.